The quantitative estimate of drug-likeness (QED) is 0.203. The molecular weight excluding hydrogens is 804 g/mol. The molecule has 3 aliphatic heterocycles. The van der Waals surface area contributed by atoms with Crippen molar-refractivity contribution < 1.29 is 55.0 Å². The summed E-state index contributed by atoms with van der Waals surface area (Å²) in [6.07, 6.45) is 1.91. The van der Waals surface area contributed by atoms with E-state index in [0.717, 1.165) is 37.6 Å². The van der Waals surface area contributed by atoms with Crippen molar-refractivity contribution in [1.82, 2.24) is 14.6 Å². The number of halogens is 3. The first-order chi connectivity index (χ1) is 28.2. The van der Waals surface area contributed by atoms with Gasteiger partial charge in [0, 0.05) is 23.8 Å². The maximum atomic E-state index is 15.1. The molecule has 0 radical (unpaired) electrons. The smallest absolute Gasteiger partial charge is 0.427 e. The number of nitrogens with zero attached hydrogens (tertiary/aromatic N) is 2. The molecule has 2 aliphatic carbocycles. The Hall–Kier alpha value is -4.21. The van der Waals surface area contributed by atoms with Gasteiger partial charge in [0.2, 0.25) is 39.2 Å². The fraction of sp³-hybridized carbons (Fsp3) is 0.659. The maximum absolute atomic E-state index is 15.1. The molecule has 2 saturated carbocycles. The Morgan fingerprint density at radius 2 is 1.82 bits per heavy atom. The lowest BCUT2D eigenvalue weighted by atomic mass is 9.79. The molecule has 12 nitrogen and oxygen atoms in total. The number of alkyl halides is 3. The van der Waals surface area contributed by atoms with E-state index in [-0.39, 0.29) is 37.6 Å². The summed E-state index contributed by atoms with van der Waals surface area (Å²) < 4.78 is 86.9. The monoisotopic (exact) mass is 859 g/mol. The number of benzene rings is 1. The van der Waals surface area contributed by atoms with Crippen LogP contribution in [0.15, 0.2) is 36.4 Å². The molecule has 5 aliphatic rings. The fourth-order valence-corrected chi connectivity index (χ4v) is 10.5. The Balaban J connectivity index is 1.25. The van der Waals surface area contributed by atoms with Crippen LogP contribution in [0.25, 0.3) is 10.8 Å². The number of carbonyl (C=O) groups is 4. The van der Waals surface area contributed by atoms with Gasteiger partial charge < -0.3 is 19.1 Å². The second kappa shape index (κ2) is 16.2. The lowest BCUT2D eigenvalue weighted by Gasteiger charge is -2.34. The van der Waals surface area contributed by atoms with Crippen molar-refractivity contribution >= 4 is 44.4 Å². The molecule has 1 saturated heterocycles. The van der Waals surface area contributed by atoms with E-state index in [1.165, 1.54) is 4.90 Å². The maximum Gasteiger partial charge on any atom is 0.427 e. The fourth-order valence-electron chi connectivity index (χ4n) is 9.20. The highest BCUT2D eigenvalue weighted by Crippen LogP contribution is 2.58. The molecule has 60 heavy (non-hydrogen) atoms. The Morgan fingerprint density at radius 3 is 2.50 bits per heavy atom. The van der Waals surface area contributed by atoms with Gasteiger partial charge in [-0.25, -0.2) is 8.42 Å². The number of nitrogens with one attached hydrogen (secondary N) is 1. The van der Waals surface area contributed by atoms with Gasteiger partial charge in [0.05, 0.1) is 41.7 Å². The molecule has 0 unspecified atom stereocenters. The highest BCUT2D eigenvalue weighted by molar-refractivity contribution is 7.91. The van der Waals surface area contributed by atoms with Crippen molar-refractivity contribution in [3.05, 3.63) is 42.0 Å². The Kier molecular flexibility index (Phi) is 11.9. The van der Waals surface area contributed by atoms with E-state index in [1.807, 2.05) is 50.3 Å². The number of aromatic nitrogens is 1. The van der Waals surface area contributed by atoms with E-state index in [4.69, 9.17) is 19.2 Å². The summed E-state index contributed by atoms with van der Waals surface area (Å²) in [5, 5.41) is 1.61. The first-order valence-electron chi connectivity index (χ1n) is 21.2. The number of Topliss-reactive ketones (excluding diaryl/α,β-unsaturated/α-hetero) is 1. The zero-order chi connectivity index (χ0) is 43.4. The molecule has 1 aromatic heterocycles. The molecule has 328 valence electrons. The second-order valence-corrected chi connectivity index (χ2v) is 20.7. The minimum Gasteiger partial charge on any atom is -0.477 e. The minimum atomic E-state index is -4.86. The predicted molar refractivity (Wildman–Crippen MR) is 215 cm³/mol. The second-order valence-electron chi connectivity index (χ2n) is 18.5. The number of carbonyl (C=O) groups excluding carboxylic acids is 4. The van der Waals surface area contributed by atoms with Crippen molar-refractivity contribution in [2.75, 3.05) is 13.2 Å². The van der Waals surface area contributed by atoms with Crippen LogP contribution in [-0.2, 0) is 40.4 Å². The number of ketones is 1. The van der Waals surface area contributed by atoms with E-state index in [2.05, 4.69) is 4.72 Å². The number of fused-ring (bicyclic) bond motifs is 5. The SMILES string of the molecule is CC[C@@H]1C[C@@H](C)CC/C=C\[C@@H]2C[C@@]2(C(=O)NS(=O)(=O)C2(C)CC2)CC(=O)[C@@H]2C[C@@H](Oc3nc4c(c5ccccc35)CCCO4)CN2C(=O)[C@H]1CC(=O)OC(C)(C)C(F)(F)F. The van der Waals surface area contributed by atoms with E-state index in [0.29, 0.717) is 56.4 Å². The minimum absolute atomic E-state index is 0.0153. The van der Waals surface area contributed by atoms with Gasteiger partial charge in [-0.05, 0) is 101 Å². The number of pyridine rings is 1. The van der Waals surface area contributed by atoms with Crippen LogP contribution >= 0.6 is 0 Å². The molecular formula is C44H56F3N3O9S. The van der Waals surface area contributed by atoms with Crippen molar-refractivity contribution in [3.8, 4) is 11.8 Å². The van der Waals surface area contributed by atoms with E-state index >= 15 is 4.79 Å². The summed E-state index contributed by atoms with van der Waals surface area (Å²) in [4.78, 5) is 63.4. The number of hydrogen-bond donors (Lipinski definition) is 1. The third kappa shape index (κ3) is 8.63. The largest absolute Gasteiger partial charge is 0.477 e. The van der Waals surface area contributed by atoms with Crippen LogP contribution in [0.3, 0.4) is 0 Å². The van der Waals surface area contributed by atoms with Crippen molar-refractivity contribution in [2.24, 2.45) is 29.1 Å². The summed E-state index contributed by atoms with van der Waals surface area (Å²) >= 11 is 0. The Morgan fingerprint density at radius 1 is 1.10 bits per heavy atom. The molecule has 1 aromatic carbocycles. The van der Waals surface area contributed by atoms with E-state index < -0.39 is 91.8 Å². The lowest BCUT2D eigenvalue weighted by Crippen LogP contribution is -2.49. The molecule has 7 rings (SSSR count). The number of sulfonamides is 1. The van der Waals surface area contributed by atoms with Crippen LogP contribution in [0.2, 0.25) is 0 Å². The number of rotatable bonds is 9. The van der Waals surface area contributed by atoms with Crippen LogP contribution in [0.4, 0.5) is 13.2 Å². The van der Waals surface area contributed by atoms with Gasteiger partial charge in [-0.3, -0.25) is 23.9 Å². The molecule has 16 heteroatoms. The standard InChI is InChI=1S/C44H56F3N3O9S/c1-6-27-20-26(2)12-7-8-13-28-23-43(28,40(54)49-60(55,56)42(5)17-18-42)24-35(51)34-21-29(25-50(34)39(53)33(27)22-36(52)59-41(3,4)44(45,46)47)58-38-32-15-10-9-14-30(32)31-16-11-19-57-37(31)48-38/h8-10,13-15,26-29,33-34H,6-7,11-12,16-25H2,1-5H3,(H,49,54)/b13-8-/t26-,27+,28+,29+,33-,34-,43+/m0/s1. The average Bonchev–Trinajstić information content (AvgIpc) is 4.07. The van der Waals surface area contributed by atoms with Crippen LogP contribution in [0.1, 0.15) is 111 Å². The molecule has 7 atom stereocenters. The molecule has 2 amide bonds. The number of amides is 2. The van der Waals surface area contributed by atoms with Gasteiger partial charge in [0.15, 0.2) is 5.78 Å². The van der Waals surface area contributed by atoms with Crippen LogP contribution < -0.4 is 14.2 Å². The van der Waals surface area contributed by atoms with Gasteiger partial charge in [0.25, 0.3) is 0 Å². The van der Waals surface area contributed by atoms with Gasteiger partial charge in [0.1, 0.15) is 6.10 Å². The van der Waals surface area contributed by atoms with Crippen molar-refractivity contribution in [2.45, 2.75) is 140 Å². The normalized spacial score (nSPS) is 30.1. The summed E-state index contributed by atoms with van der Waals surface area (Å²) in [5.74, 6) is -4.35. The zero-order valence-corrected chi connectivity index (χ0v) is 35.8. The number of hydrogen-bond acceptors (Lipinski definition) is 10. The summed E-state index contributed by atoms with van der Waals surface area (Å²) in [6, 6.07) is 6.41. The average molecular weight is 860 g/mol. The summed E-state index contributed by atoms with van der Waals surface area (Å²) in [7, 11) is -4.03. The van der Waals surface area contributed by atoms with Crippen molar-refractivity contribution in [1.29, 1.82) is 0 Å². The molecule has 0 spiro atoms. The van der Waals surface area contributed by atoms with Crippen molar-refractivity contribution in [3.63, 3.8) is 0 Å². The van der Waals surface area contributed by atoms with E-state index in [9.17, 15) is 36.0 Å². The molecule has 2 aromatic rings. The van der Waals surface area contributed by atoms with Gasteiger partial charge in [-0.1, -0.05) is 50.6 Å². The lowest BCUT2D eigenvalue weighted by molar-refractivity contribution is -0.257. The first kappa shape index (κ1) is 43.9. The number of aryl methyl sites for hydroxylation is 1. The van der Waals surface area contributed by atoms with Gasteiger partial charge in [-0.2, -0.15) is 18.2 Å². The number of esters is 1. The molecule has 0 bridgehead atoms. The van der Waals surface area contributed by atoms with Crippen LogP contribution in [-0.4, -0.2) is 83.7 Å². The molecule has 1 N–H and O–H groups in total. The Bertz CT molecular complexity index is 2170. The number of ether oxygens (including phenoxy) is 3. The summed E-state index contributed by atoms with van der Waals surface area (Å²) in [5.41, 5.74) is -3.24. The third-order valence-electron chi connectivity index (χ3n) is 13.6. The number of allylic oxidation sites excluding steroid dienone is 2. The molecule has 4 heterocycles. The predicted octanol–water partition coefficient (Wildman–Crippen LogP) is 7.16. The van der Waals surface area contributed by atoms with Crippen LogP contribution in [0, 0.1) is 29.1 Å². The zero-order valence-electron chi connectivity index (χ0n) is 34.9. The van der Waals surface area contributed by atoms with Crippen LogP contribution in [0.5, 0.6) is 11.8 Å². The van der Waals surface area contributed by atoms with E-state index in [1.54, 1.807) is 6.92 Å². The Labute approximate surface area is 349 Å². The topological polar surface area (TPSA) is 158 Å². The molecule has 3 fully saturated rings. The van der Waals surface area contributed by atoms with Gasteiger partial charge in [-0.15, -0.1) is 0 Å². The highest BCUT2D eigenvalue weighted by atomic mass is 32.2. The third-order valence-corrected chi connectivity index (χ3v) is 15.8. The summed E-state index contributed by atoms with van der Waals surface area (Å²) in [6.45, 7) is 7.30. The van der Waals surface area contributed by atoms with Gasteiger partial charge >= 0.3 is 12.1 Å². The highest BCUT2D eigenvalue weighted by Gasteiger charge is 2.63. The first-order valence-corrected chi connectivity index (χ1v) is 22.7.